The van der Waals surface area contributed by atoms with Crippen molar-refractivity contribution in [1.82, 2.24) is 0 Å². The Bertz CT molecular complexity index is 992. The van der Waals surface area contributed by atoms with E-state index in [0.29, 0.717) is 0 Å². The van der Waals surface area contributed by atoms with Crippen LogP contribution < -0.4 is 5.32 Å². The highest BCUT2D eigenvalue weighted by molar-refractivity contribution is 8.04. The Hall–Kier alpha value is -2.85. The molecule has 0 aliphatic carbocycles. The molecular weight excluding hydrogens is 318 g/mol. The van der Waals surface area contributed by atoms with Crippen LogP contribution in [0, 0.1) is 0 Å². The van der Waals surface area contributed by atoms with E-state index in [2.05, 4.69) is 35.6 Å². The van der Waals surface area contributed by atoms with Crippen LogP contribution in [0.15, 0.2) is 76.7 Å². The van der Waals surface area contributed by atoms with Crippen LogP contribution in [-0.2, 0) is 0 Å². The monoisotopic (exact) mass is 333 g/mol. The van der Waals surface area contributed by atoms with Crippen LogP contribution in [-0.4, -0.2) is 10.2 Å². The van der Waals surface area contributed by atoms with Crippen molar-refractivity contribution in [3.8, 4) is 11.5 Å². The molecule has 3 aromatic carbocycles. The predicted octanol–water partition coefficient (Wildman–Crippen LogP) is 5.32. The molecular formula is C20H15NO2S. The zero-order valence-corrected chi connectivity index (χ0v) is 13.5. The van der Waals surface area contributed by atoms with E-state index in [4.69, 9.17) is 0 Å². The Labute approximate surface area is 144 Å². The maximum absolute atomic E-state index is 9.51. The molecule has 0 radical (unpaired) electrons. The summed E-state index contributed by atoms with van der Waals surface area (Å²) in [6.07, 6.45) is 5.81. The molecule has 24 heavy (non-hydrogen) atoms. The van der Waals surface area contributed by atoms with Gasteiger partial charge >= 0.3 is 0 Å². The third kappa shape index (κ3) is 2.72. The first-order valence-corrected chi connectivity index (χ1v) is 8.39. The van der Waals surface area contributed by atoms with Gasteiger partial charge in [-0.1, -0.05) is 60.3 Å². The normalized spacial score (nSPS) is 15.1. The van der Waals surface area contributed by atoms with Crippen LogP contribution in [0.4, 0.5) is 5.69 Å². The average Bonchev–Trinajstić information content (AvgIpc) is 3.01. The molecule has 118 valence electrons. The second-order valence-electron chi connectivity index (χ2n) is 5.53. The lowest BCUT2D eigenvalue weighted by Crippen LogP contribution is -1.87. The van der Waals surface area contributed by atoms with Gasteiger partial charge in [0.1, 0.15) is 0 Å². The van der Waals surface area contributed by atoms with Gasteiger partial charge in [0.25, 0.3) is 0 Å². The Morgan fingerprint density at radius 3 is 2.67 bits per heavy atom. The molecule has 0 spiro atoms. The standard InChI is InChI=1S/C20H15NO2S/c22-17-11-8-13(12-18(17)23)4-3-7-19-21-16-10-9-14-5-1-2-6-15(14)20(16)24-19/h1-12,21-23H. The maximum atomic E-state index is 9.51. The van der Waals surface area contributed by atoms with Gasteiger partial charge in [0.05, 0.1) is 10.7 Å². The summed E-state index contributed by atoms with van der Waals surface area (Å²) >= 11 is 1.72. The van der Waals surface area contributed by atoms with Gasteiger partial charge in [-0.05, 0) is 40.6 Å². The van der Waals surface area contributed by atoms with E-state index in [1.165, 1.54) is 27.8 Å². The van der Waals surface area contributed by atoms with E-state index in [-0.39, 0.29) is 11.5 Å². The van der Waals surface area contributed by atoms with Gasteiger partial charge in [-0.25, -0.2) is 0 Å². The van der Waals surface area contributed by atoms with Crippen molar-refractivity contribution in [3.63, 3.8) is 0 Å². The van der Waals surface area contributed by atoms with Crippen LogP contribution in [0.1, 0.15) is 5.56 Å². The number of hydrogen-bond donors (Lipinski definition) is 3. The lowest BCUT2D eigenvalue weighted by molar-refractivity contribution is 0.403. The number of allylic oxidation sites excluding steroid dienone is 2. The Balaban J connectivity index is 1.58. The summed E-state index contributed by atoms with van der Waals surface area (Å²) in [4.78, 5) is 1.25. The second-order valence-corrected chi connectivity index (χ2v) is 6.58. The lowest BCUT2D eigenvalue weighted by atomic mass is 10.1. The Morgan fingerprint density at radius 1 is 0.917 bits per heavy atom. The smallest absolute Gasteiger partial charge is 0.157 e. The number of rotatable bonds is 2. The van der Waals surface area contributed by atoms with Gasteiger partial charge in [-0.3, -0.25) is 0 Å². The van der Waals surface area contributed by atoms with Gasteiger partial charge in [0.2, 0.25) is 0 Å². The largest absolute Gasteiger partial charge is 0.504 e. The number of nitrogens with one attached hydrogen (secondary N) is 1. The molecule has 4 rings (SSSR count). The maximum Gasteiger partial charge on any atom is 0.157 e. The minimum absolute atomic E-state index is 0.110. The topological polar surface area (TPSA) is 52.5 Å². The van der Waals surface area contributed by atoms with Crippen molar-refractivity contribution in [1.29, 1.82) is 0 Å². The van der Waals surface area contributed by atoms with Gasteiger partial charge in [-0.15, -0.1) is 0 Å². The molecule has 3 aromatic rings. The molecule has 0 unspecified atom stereocenters. The van der Waals surface area contributed by atoms with E-state index in [1.54, 1.807) is 17.8 Å². The summed E-state index contributed by atoms with van der Waals surface area (Å²) < 4.78 is 0. The average molecular weight is 333 g/mol. The highest BCUT2D eigenvalue weighted by atomic mass is 32.2. The molecule has 0 fully saturated rings. The molecule has 1 heterocycles. The number of phenols is 2. The molecule has 3 nitrogen and oxygen atoms in total. The van der Waals surface area contributed by atoms with Crippen molar-refractivity contribution < 1.29 is 10.2 Å². The summed E-state index contributed by atoms with van der Waals surface area (Å²) in [6, 6.07) is 17.4. The number of phenolic OH excluding ortho intramolecular Hbond substituents is 2. The minimum Gasteiger partial charge on any atom is -0.504 e. The fourth-order valence-corrected chi connectivity index (χ4v) is 3.74. The van der Waals surface area contributed by atoms with Crippen molar-refractivity contribution >= 4 is 34.3 Å². The van der Waals surface area contributed by atoms with Crippen LogP contribution in [0.2, 0.25) is 0 Å². The quantitative estimate of drug-likeness (QED) is 0.555. The Morgan fingerprint density at radius 2 is 1.79 bits per heavy atom. The molecule has 0 bridgehead atoms. The number of hydrogen-bond acceptors (Lipinski definition) is 4. The predicted molar refractivity (Wildman–Crippen MR) is 100 cm³/mol. The summed E-state index contributed by atoms with van der Waals surface area (Å²) in [5.41, 5.74) is 1.95. The van der Waals surface area contributed by atoms with E-state index in [9.17, 15) is 10.2 Å². The molecule has 0 atom stereocenters. The summed E-state index contributed by atoms with van der Waals surface area (Å²) in [7, 11) is 0. The summed E-state index contributed by atoms with van der Waals surface area (Å²) in [5.74, 6) is -0.224. The fraction of sp³-hybridized carbons (Fsp3) is 0. The van der Waals surface area contributed by atoms with E-state index in [0.717, 1.165) is 16.3 Å². The number of aromatic hydroxyl groups is 2. The molecule has 0 saturated heterocycles. The summed E-state index contributed by atoms with van der Waals surface area (Å²) in [6.45, 7) is 0. The van der Waals surface area contributed by atoms with Gasteiger partial charge < -0.3 is 15.5 Å². The van der Waals surface area contributed by atoms with E-state index in [1.807, 2.05) is 24.3 Å². The molecule has 1 aliphatic heterocycles. The van der Waals surface area contributed by atoms with E-state index >= 15 is 0 Å². The first kappa shape index (κ1) is 14.7. The van der Waals surface area contributed by atoms with Crippen molar-refractivity contribution in [3.05, 3.63) is 77.3 Å². The molecule has 0 saturated carbocycles. The van der Waals surface area contributed by atoms with Crippen LogP contribution in [0.5, 0.6) is 11.5 Å². The zero-order chi connectivity index (χ0) is 16.5. The van der Waals surface area contributed by atoms with E-state index < -0.39 is 0 Å². The Kier molecular flexibility index (Phi) is 3.67. The minimum atomic E-state index is -0.114. The third-order valence-electron chi connectivity index (χ3n) is 3.89. The summed E-state index contributed by atoms with van der Waals surface area (Å²) in [5, 5.41) is 25.8. The second kappa shape index (κ2) is 5.98. The molecule has 4 heteroatoms. The third-order valence-corrected chi connectivity index (χ3v) is 4.99. The first-order valence-electron chi connectivity index (χ1n) is 7.58. The highest BCUT2D eigenvalue weighted by Crippen LogP contribution is 2.45. The zero-order valence-electron chi connectivity index (χ0n) is 12.7. The SMILES string of the molecule is Oc1ccc(C=CC=C2Nc3ccc4ccccc4c3S2)cc1O. The molecule has 0 amide bonds. The fourth-order valence-electron chi connectivity index (χ4n) is 2.69. The van der Waals surface area contributed by atoms with Gasteiger partial charge in [-0.2, -0.15) is 0 Å². The lowest BCUT2D eigenvalue weighted by Gasteiger charge is -2.02. The first-order chi connectivity index (χ1) is 11.7. The van der Waals surface area contributed by atoms with Crippen molar-refractivity contribution in [2.24, 2.45) is 0 Å². The van der Waals surface area contributed by atoms with Crippen molar-refractivity contribution in [2.75, 3.05) is 5.32 Å². The number of benzene rings is 3. The van der Waals surface area contributed by atoms with Crippen LogP contribution >= 0.6 is 11.8 Å². The number of anilines is 1. The van der Waals surface area contributed by atoms with Gasteiger partial charge in [0.15, 0.2) is 11.5 Å². The number of fused-ring (bicyclic) bond motifs is 3. The highest BCUT2D eigenvalue weighted by Gasteiger charge is 2.17. The molecule has 1 aliphatic rings. The number of thioether (sulfide) groups is 1. The van der Waals surface area contributed by atoms with Gasteiger partial charge in [0, 0.05) is 4.90 Å². The molecule has 0 aromatic heterocycles. The molecule has 3 N–H and O–H groups in total. The van der Waals surface area contributed by atoms with Crippen LogP contribution in [0.3, 0.4) is 0 Å². The van der Waals surface area contributed by atoms with Crippen molar-refractivity contribution in [2.45, 2.75) is 4.90 Å². The van der Waals surface area contributed by atoms with Crippen LogP contribution in [0.25, 0.3) is 16.8 Å².